The fourth-order valence-electron chi connectivity index (χ4n) is 2.59. The fraction of sp³-hybridized carbons (Fsp3) is 0.333. The predicted octanol–water partition coefficient (Wildman–Crippen LogP) is 4.27. The number of hydrogen-bond acceptors (Lipinski definition) is 3. The number of thiophene rings is 1. The van der Waals surface area contributed by atoms with E-state index in [0.29, 0.717) is 11.8 Å². The lowest BCUT2D eigenvalue weighted by molar-refractivity contribution is 0.461. The van der Waals surface area contributed by atoms with Gasteiger partial charge in [-0.1, -0.05) is 23.7 Å². The van der Waals surface area contributed by atoms with Crippen LogP contribution < -0.4 is 5.32 Å². The Kier molecular flexibility index (Phi) is 3.78. The second kappa shape index (κ2) is 5.53. The van der Waals surface area contributed by atoms with E-state index in [2.05, 4.69) is 11.4 Å². The monoisotopic (exact) mass is 293 g/mol. The Morgan fingerprint density at radius 2 is 2.11 bits per heavy atom. The minimum atomic E-state index is 0.313. The molecule has 1 aliphatic carbocycles. The van der Waals surface area contributed by atoms with Crippen LogP contribution in [-0.4, -0.2) is 5.11 Å². The Bertz CT molecular complexity index is 564. The van der Waals surface area contributed by atoms with Gasteiger partial charge in [0.1, 0.15) is 5.75 Å². The molecule has 19 heavy (non-hydrogen) atoms. The minimum absolute atomic E-state index is 0.313. The van der Waals surface area contributed by atoms with E-state index in [4.69, 9.17) is 11.6 Å². The largest absolute Gasteiger partial charge is 0.508 e. The average Bonchev–Trinajstić information content (AvgIpc) is 2.79. The third-order valence-corrected chi connectivity index (χ3v) is 4.91. The molecule has 4 heteroatoms. The van der Waals surface area contributed by atoms with E-state index in [-0.39, 0.29) is 0 Å². The highest BCUT2D eigenvalue weighted by Crippen LogP contribution is 2.37. The van der Waals surface area contributed by atoms with Crippen LogP contribution in [0.15, 0.2) is 30.3 Å². The van der Waals surface area contributed by atoms with Gasteiger partial charge in [0.15, 0.2) is 0 Å². The number of aromatic hydroxyl groups is 1. The summed E-state index contributed by atoms with van der Waals surface area (Å²) in [5.41, 5.74) is 2.56. The van der Waals surface area contributed by atoms with Gasteiger partial charge in [0.25, 0.3) is 0 Å². The highest BCUT2D eigenvalue weighted by Gasteiger charge is 2.22. The Balaban J connectivity index is 1.69. The number of halogens is 1. The van der Waals surface area contributed by atoms with Crippen molar-refractivity contribution >= 4 is 22.9 Å². The van der Waals surface area contributed by atoms with E-state index in [9.17, 15) is 5.11 Å². The van der Waals surface area contributed by atoms with E-state index in [1.807, 2.05) is 12.1 Å². The molecule has 0 amide bonds. The van der Waals surface area contributed by atoms with Crippen LogP contribution in [0.3, 0.4) is 0 Å². The van der Waals surface area contributed by atoms with Crippen molar-refractivity contribution in [3.8, 4) is 5.75 Å². The Morgan fingerprint density at radius 1 is 1.32 bits per heavy atom. The van der Waals surface area contributed by atoms with Gasteiger partial charge >= 0.3 is 0 Å². The number of phenols is 1. The van der Waals surface area contributed by atoms with Gasteiger partial charge in [-0.3, -0.25) is 0 Å². The highest BCUT2D eigenvalue weighted by atomic mass is 35.5. The molecule has 0 bridgehead atoms. The molecule has 0 fully saturated rings. The second-order valence-corrected chi connectivity index (χ2v) is 6.69. The second-order valence-electron chi connectivity index (χ2n) is 4.92. The van der Waals surface area contributed by atoms with Crippen LogP contribution in [0.2, 0.25) is 4.34 Å². The minimum Gasteiger partial charge on any atom is -0.508 e. The summed E-state index contributed by atoms with van der Waals surface area (Å²) in [7, 11) is 0. The Morgan fingerprint density at radius 3 is 2.89 bits per heavy atom. The van der Waals surface area contributed by atoms with Crippen LogP contribution in [-0.2, 0) is 13.0 Å². The Hall–Kier alpha value is -1.03. The zero-order valence-corrected chi connectivity index (χ0v) is 12.1. The van der Waals surface area contributed by atoms with Crippen LogP contribution in [0.4, 0.5) is 0 Å². The standard InChI is InChI=1S/C15H16ClNOS/c16-15-8-12-13(2-1-3-14(12)19-15)17-9-10-4-6-11(18)7-5-10/h4-8,13,17-18H,1-3,9H2. The van der Waals surface area contributed by atoms with E-state index >= 15 is 0 Å². The molecule has 1 aromatic heterocycles. The first-order chi connectivity index (χ1) is 9.22. The van der Waals surface area contributed by atoms with Crippen LogP contribution in [0.1, 0.15) is 34.9 Å². The van der Waals surface area contributed by atoms with Crippen molar-refractivity contribution in [3.05, 3.63) is 50.7 Å². The van der Waals surface area contributed by atoms with Crippen LogP contribution >= 0.6 is 22.9 Å². The number of rotatable bonds is 3. The van der Waals surface area contributed by atoms with E-state index in [1.165, 1.54) is 22.4 Å². The Labute approximate surface area is 122 Å². The predicted molar refractivity (Wildman–Crippen MR) is 80.0 cm³/mol. The van der Waals surface area contributed by atoms with Crippen LogP contribution in [0, 0.1) is 0 Å². The SMILES string of the molecule is Oc1ccc(CNC2CCCc3sc(Cl)cc32)cc1. The molecule has 0 spiro atoms. The highest BCUT2D eigenvalue weighted by molar-refractivity contribution is 7.16. The van der Waals surface area contributed by atoms with Crippen molar-refractivity contribution in [2.45, 2.75) is 31.8 Å². The fourth-order valence-corrected chi connectivity index (χ4v) is 3.97. The molecule has 0 saturated heterocycles. The van der Waals surface area contributed by atoms with Crippen molar-refractivity contribution in [1.29, 1.82) is 0 Å². The molecule has 2 nitrogen and oxygen atoms in total. The van der Waals surface area contributed by atoms with E-state index in [1.54, 1.807) is 23.5 Å². The first kappa shape index (κ1) is 13.0. The molecule has 1 aromatic carbocycles. The van der Waals surface area contributed by atoms with Crippen molar-refractivity contribution < 1.29 is 5.11 Å². The number of phenolic OH excluding ortho intramolecular Hbond substituents is 1. The molecule has 2 N–H and O–H groups in total. The number of aryl methyl sites for hydroxylation is 1. The summed E-state index contributed by atoms with van der Waals surface area (Å²) in [6.45, 7) is 0.817. The third kappa shape index (κ3) is 2.94. The summed E-state index contributed by atoms with van der Waals surface area (Å²) in [4.78, 5) is 1.43. The number of benzene rings is 1. The van der Waals surface area contributed by atoms with Crippen molar-refractivity contribution in [3.63, 3.8) is 0 Å². The summed E-state index contributed by atoms with van der Waals surface area (Å²) in [5, 5.41) is 12.9. The summed E-state index contributed by atoms with van der Waals surface area (Å²) >= 11 is 7.82. The van der Waals surface area contributed by atoms with Gasteiger partial charge in [0, 0.05) is 17.5 Å². The van der Waals surface area contributed by atoms with Crippen LogP contribution in [0.25, 0.3) is 0 Å². The maximum Gasteiger partial charge on any atom is 0.115 e. The zero-order chi connectivity index (χ0) is 13.2. The lowest BCUT2D eigenvalue weighted by Gasteiger charge is -2.23. The summed E-state index contributed by atoms with van der Waals surface area (Å²) < 4.78 is 0.892. The van der Waals surface area contributed by atoms with Crippen molar-refractivity contribution in [2.24, 2.45) is 0 Å². The van der Waals surface area contributed by atoms with Gasteiger partial charge in [-0.15, -0.1) is 11.3 Å². The first-order valence-corrected chi connectivity index (χ1v) is 7.71. The van der Waals surface area contributed by atoms with Crippen molar-refractivity contribution in [2.75, 3.05) is 0 Å². The first-order valence-electron chi connectivity index (χ1n) is 6.52. The van der Waals surface area contributed by atoms with Gasteiger partial charge in [0.2, 0.25) is 0 Å². The molecule has 1 unspecified atom stereocenters. The molecule has 0 saturated carbocycles. The maximum absolute atomic E-state index is 9.27. The molecule has 1 atom stereocenters. The molecular formula is C15H16ClNOS. The maximum atomic E-state index is 9.27. The summed E-state index contributed by atoms with van der Waals surface area (Å²) in [6.07, 6.45) is 3.54. The third-order valence-electron chi connectivity index (χ3n) is 3.57. The molecule has 1 heterocycles. The molecule has 0 radical (unpaired) electrons. The van der Waals surface area contributed by atoms with Gasteiger partial charge in [-0.25, -0.2) is 0 Å². The lowest BCUT2D eigenvalue weighted by atomic mass is 9.94. The zero-order valence-electron chi connectivity index (χ0n) is 10.5. The summed E-state index contributed by atoms with van der Waals surface area (Å²) in [5.74, 6) is 0.313. The quantitative estimate of drug-likeness (QED) is 0.885. The molecular weight excluding hydrogens is 278 g/mol. The van der Waals surface area contributed by atoms with E-state index in [0.717, 1.165) is 23.7 Å². The molecule has 1 aliphatic rings. The molecule has 3 rings (SSSR count). The van der Waals surface area contributed by atoms with Gasteiger partial charge in [-0.05, 0) is 48.6 Å². The average molecular weight is 294 g/mol. The van der Waals surface area contributed by atoms with Gasteiger partial charge in [0.05, 0.1) is 4.34 Å². The van der Waals surface area contributed by atoms with Crippen molar-refractivity contribution in [1.82, 2.24) is 5.32 Å². The smallest absolute Gasteiger partial charge is 0.115 e. The summed E-state index contributed by atoms with van der Waals surface area (Å²) in [6, 6.07) is 9.87. The molecule has 0 aliphatic heterocycles. The van der Waals surface area contributed by atoms with E-state index < -0.39 is 0 Å². The van der Waals surface area contributed by atoms with Gasteiger partial charge < -0.3 is 10.4 Å². The number of nitrogens with one attached hydrogen (secondary N) is 1. The number of fused-ring (bicyclic) bond motifs is 1. The molecule has 2 aromatic rings. The van der Waals surface area contributed by atoms with Crippen LogP contribution in [0.5, 0.6) is 5.75 Å². The topological polar surface area (TPSA) is 32.3 Å². The molecule has 100 valence electrons. The number of hydrogen-bond donors (Lipinski definition) is 2. The lowest BCUT2D eigenvalue weighted by Crippen LogP contribution is -2.23. The normalized spacial score (nSPS) is 18.3. The van der Waals surface area contributed by atoms with Gasteiger partial charge in [-0.2, -0.15) is 0 Å².